The van der Waals surface area contributed by atoms with Crippen LogP contribution in [0.25, 0.3) is 11.4 Å². The maximum atomic E-state index is 11.5. The molecule has 7 heteroatoms. The predicted octanol–water partition coefficient (Wildman–Crippen LogP) is 2.56. The molecule has 0 spiro atoms. The van der Waals surface area contributed by atoms with E-state index >= 15 is 0 Å². The average molecular weight is 307 g/mol. The predicted molar refractivity (Wildman–Crippen MR) is 76.9 cm³/mol. The summed E-state index contributed by atoms with van der Waals surface area (Å²) in [5.41, 5.74) is 1.04. The summed E-state index contributed by atoms with van der Waals surface area (Å²) in [6, 6.07) is 5.53. The number of rotatable bonds is 4. The lowest BCUT2D eigenvalue weighted by molar-refractivity contribution is -0.156. The van der Waals surface area contributed by atoms with Gasteiger partial charge in [0.25, 0.3) is 0 Å². The van der Waals surface area contributed by atoms with Gasteiger partial charge in [0.15, 0.2) is 5.82 Å². The molecular formula is C14H15ClN4O2. The summed E-state index contributed by atoms with van der Waals surface area (Å²) in [6.07, 6.45) is 2.27. The van der Waals surface area contributed by atoms with Gasteiger partial charge in [-0.1, -0.05) is 18.0 Å². The molecule has 1 aromatic heterocycles. The highest BCUT2D eigenvalue weighted by atomic mass is 35.5. The Bertz CT molecular complexity index is 694. The molecule has 0 radical (unpaired) electrons. The van der Waals surface area contributed by atoms with Crippen LogP contribution in [-0.4, -0.2) is 31.3 Å². The second-order valence-corrected chi connectivity index (χ2v) is 5.97. The molecule has 2 aromatic rings. The van der Waals surface area contributed by atoms with Gasteiger partial charge >= 0.3 is 5.97 Å². The first kappa shape index (κ1) is 14.0. The summed E-state index contributed by atoms with van der Waals surface area (Å²) in [5.74, 6) is -0.204. The Balaban J connectivity index is 1.94. The van der Waals surface area contributed by atoms with Gasteiger partial charge in [0.1, 0.15) is 0 Å². The number of aromatic nitrogens is 4. The second kappa shape index (κ2) is 5.11. The van der Waals surface area contributed by atoms with E-state index < -0.39 is 11.4 Å². The van der Waals surface area contributed by atoms with E-state index in [0.717, 1.165) is 17.5 Å². The van der Waals surface area contributed by atoms with Crippen molar-refractivity contribution in [2.75, 3.05) is 0 Å². The van der Waals surface area contributed by atoms with Gasteiger partial charge in [-0.2, -0.15) is 0 Å². The maximum absolute atomic E-state index is 11.5. The average Bonchev–Trinajstić information content (AvgIpc) is 2.84. The van der Waals surface area contributed by atoms with E-state index in [4.69, 9.17) is 11.6 Å². The molecule has 1 saturated carbocycles. The fourth-order valence-electron chi connectivity index (χ4n) is 2.63. The molecule has 1 N–H and O–H groups in total. The van der Waals surface area contributed by atoms with Gasteiger partial charge < -0.3 is 5.11 Å². The Morgan fingerprint density at radius 3 is 2.81 bits per heavy atom. The van der Waals surface area contributed by atoms with Crippen molar-refractivity contribution < 1.29 is 9.90 Å². The number of hydrogen-bond donors (Lipinski definition) is 1. The number of aryl methyl sites for hydroxylation is 1. The SMILES string of the molecule is Cc1cc(-c2nnnn2CC2(C(=O)O)CCC2)ccc1Cl. The van der Waals surface area contributed by atoms with E-state index in [0.29, 0.717) is 30.2 Å². The third-order valence-corrected chi connectivity index (χ3v) is 4.59. The number of carboxylic acid groups (broad SMARTS) is 1. The number of hydrogen-bond acceptors (Lipinski definition) is 4. The van der Waals surface area contributed by atoms with Crippen molar-refractivity contribution in [3.8, 4) is 11.4 Å². The van der Waals surface area contributed by atoms with Crippen LogP contribution in [0.15, 0.2) is 18.2 Å². The van der Waals surface area contributed by atoms with Crippen LogP contribution >= 0.6 is 11.6 Å². The highest BCUT2D eigenvalue weighted by Gasteiger charge is 2.45. The molecule has 0 unspecified atom stereocenters. The van der Waals surface area contributed by atoms with E-state index in [-0.39, 0.29) is 0 Å². The minimum Gasteiger partial charge on any atom is -0.481 e. The van der Waals surface area contributed by atoms with Crippen molar-refractivity contribution in [3.05, 3.63) is 28.8 Å². The molecule has 0 aliphatic heterocycles. The van der Waals surface area contributed by atoms with E-state index in [2.05, 4.69) is 15.5 Å². The number of carboxylic acids is 1. The van der Waals surface area contributed by atoms with E-state index in [1.165, 1.54) is 0 Å². The van der Waals surface area contributed by atoms with Gasteiger partial charge in [-0.05, 0) is 54.0 Å². The fourth-order valence-corrected chi connectivity index (χ4v) is 2.75. The summed E-state index contributed by atoms with van der Waals surface area (Å²) in [4.78, 5) is 11.5. The zero-order valence-electron chi connectivity index (χ0n) is 11.6. The first-order chi connectivity index (χ1) is 10.0. The molecule has 1 aliphatic carbocycles. The lowest BCUT2D eigenvalue weighted by Crippen LogP contribution is -2.42. The third kappa shape index (κ3) is 2.40. The van der Waals surface area contributed by atoms with Crippen molar-refractivity contribution in [2.45, 2.75) is 32.7 Å². The molecule has 6 nitrogen and oxygen atoms in total. The lowest BCUT2D eigenvalue weighted by atomic mass is 9.69. The van der Waals surface area contributed by atoms with Gasteiger partial charge in [0.2, 0.25) is 0 Å². The van der Waals surface area contributed by atoms with Crippen molar-refractivity contribution in [3.63, 3.8) is 0 Å². The zero-order valence-corrected chi connectivity index (χ0v) is 12.3. The smallest absolute Gasteiger partial charge is 0.311 e. The molecule has 1 heterocycles. The molecule has 1 aliphatic rings. The van der Waals surface area contributed by atoms with Gasteiger partial charge in [-0.3, -0.25) is 4.79 Å². The van der Waals surface area contributed by atoms with Crippen LogP contribution in [0.2, 0.25) is 5.02 Å². The largest absolute Gasteiger partial charge is 0.481 e. The van der Waals surface area contributed by atoms with Crippen LogP contribution in [0, 0.1) is 12.3 Å². The highest BCUT2D eigenvalue weighted by molar-refractivity contribution is 6.31. The van der Waals surface area contributed by atoms with Crippen LogP contribution in [0.4, 0.5) is 0 Å². The molecular weight excluding hydrogens is 292 g/mol. The standard InChI is InChI=1S/C14H15ClN4O2/c1-9-7-10(3-4-11(9)15)12-16-17-18-19(12)8-14(13(20)21)5-2-6-14/h3-4,7H,2,5-6,8H2,1H3,(H,20,21). The summed E-state index contributed by atoms with van der Waals surface area (Å²) >= 11 is 6.03. The number of aliphatic carboxylic acids is 1. The molecule has 1 fully saturated rings. The van der Waals surface area contributed by atoms with Gasteiger partial charge in [0.05, 0.1) is 12.0 Å². The van der Waals surface area contributed by atoms with Crippen LogP contribution in [-0.2, 0) is 11.3 Å². The Kier molecular flexibility index (Phi) is 3.41. The van der Waals surface area contributed by atoms with Crippen molar-refractivity contribution in [1.29, 1.82) is 0 Å². The van der Waals surface area contributed by atoms with Gasteiger partial charge in [-0.25, -0.2) is 4.68 Å². The topological polar surface area (TPSA) is 80.9 Å². The Hall–Kier alpha value is -1.95. The second-order valence-electron chi connectivity index (χ2n) is 5.56. The van der Waals surface area contributed by atoms with Crippen molar-refractivity contribution >= 4 is 17.6 Å². The van der Waals surface area contributed by atoms with Crippen LogP contribution < -0.4 is 0 Å². The zero-order chi connectivity index (χ0) is 15.0. The molecule has 3 rings (SSSR count). The fraction of sp³-hybridized carbons (Fsp3) is 0.429. The number of benzene rings is 1. The van der Waals surface area contributed by atoms with Crippen LogP contribution in [0.3, 0.4) is 0 Å². The molecule has 1 aromatic carbocycles. The van der Waals surface area contributed by atoms with E-state index in [1.807, 2.05) is 19.1 Å². The summed E-state index contributed by atoms with van der Waals surface area (Å²) in [7, 11) is 0. The molecule has 0 atom stereocenters. The first-order valence-corrected chi connectivity index (χ1v) is 7.16. The maximum Gasteiger partial charge on any atom is 0.311 e. The first-order valence-electron chi connectivity index (χ1n) is 6.78. The number of tetrazole rings is 1. The van der Waals surface area contributed by atoms with E-state index in [9.17, 15) is 9.90 Å². The number of halogens is 1. The molecule has 0 amide bonds. The number of carbonyl (C=O) groups is 1. The third-order valence-electron chi connectivity index (χ3n) is 4.16. The minimum atomic E-state index is -0.775. The molecule has 21 heavy (non-hydrogen) atoms. The number of nitrogens with zero attached hydrogens (tertiary/aromatic N) is 4. The summed E-state index contributed by atoms with van der Waals surface area (Å²) in [6.45, 7) is 2.21. The Morgan fingerprint density at radius 1 is 1.48 bits per heavy atom. The monoisotopic (exact) mass is 306 g/mol. The van der Waals surface area contributed by atoms with Crippen molar-refractivity contribution in [2.24, 2.45) is 5.41 Å². The summed E-state index contributed by atoms with van der Waals surface area (Å²) in [5, 5.41) is 21.8. The van der Waals surface area contributed by atoms with Crippen LogP contribution in [0.1, 0.15) is 24.8 Å². The highest BCUT2D eigenvalue weighted by Crippen LogP contribution is 2.43. The minimum absolute atomic E-state index is 0.298. The van der Waals surface area contributed by atoms with Gasteiger partial charge in [0, 0.05) is 10.6 Å². The van der Waals surface area contributed by atoms with Crippen molar-refractivity contribution in [1.82, 2.24) is 20.2 Å². The summed E-state index contributed by atoms with van der Waals surface area (Å²) < 4.78 is 1.58. The van der Waals surface area contributed by atoms with Gasteiger partial charge in [-0.15, -0.1) is 5.10 Å². The normalized spacial score (nSPS) is 16.5. The molecule has 110 valence electrons. The lowest BCUT2D eigenvalue weighted by Gasteiger charge is -2.37. The van der Waals surface area contributed by atoms with E-state index in [1.54, 1.807) is 10.7 Å². The Labute approximate surface area is 126 Å². The quantitative estimate of drug-likeness (QED) is 0.939. The molecule has 0 saturated heterocycles. The molecule has 0 bridgehead atoms. The van der Waals surface area contributed by atoms with Crippen LogP contribution in [0.5, 0.6) is 0 Å². The Morgan fingerprint density at radius 2 is 2.24 bits per heavy atom.